The molecule has 2 rings (SSSR count). The molecule has 0 atom stereocenters. The molecule has 0 N–H and O–H groups in total. The molecule has 1 aromatic carbocycles. The van der Waals surface area contributed by atoms with E-state index in [9.17, 15) is 0 Å². The maximum atomic E-state index is 5.43. The Morgan fingerprint density at radius 1 is 1.18 bits per heavy atom. The number of morpholine rings is 1. The van der Waals surface area contributed by atoms with E-state index >= 15 is 0 Å². The van der Waals surface area contributed by atoms with Gasteiger partial charge in [0.2, 0.25) is 0 Å². The quantitative estimate of drug-likeness (QED) is 0.792. The average Bonchev–Trinajstić information content (AvgIpc) is 2.41. The molecule has 92 valence electrons. The summed E-state index contributed by atoms with van der Waals surface area (Å²) >= 11 is 0. The lowest BCUT2D eigenvalue weighted by Gasteiger charge is -2.32. The lowest BCUT2D eigenvalue weighted by Crippen LogP contribution is -2.35. The van der Waals surface area contributed by atoms with Crippen LogP contribution in [-0.2, 0) is 4.74 Å². The Morgan fingerprint density at radius 2 is 1.82 bits per heavy atom. The summed E-state index contributed by atoms with van der Waals surface area (Å²) < 4.78 is 5.43. The summed E-state index contributed by atoms with van der Waals surface area (Å²) in [6.45, 7) is 8.14. The van der Waals surface area contributed by atoms with E-state index in [2.05, 4.69) is 49.1 Å². The summed E-state index contributed by atoms with van der Waals surface area (Å²) in [5.41, 5.74) is 4.18. The molecule has 1 aromatic rings. The summed E-state index contributed by atoms with van der Waals surface area (Å²) in [6, 6.07) is 10.7. The summed E-state index contributed by atoms with van der Waals surface area (Å²) in [4.78, 5) is 2.46. The lowest BCUT2D eigenvalue weighted by molar-refractivity contribution is 0.0636. The normalized spacial score (nSPS) is 17.9. The molecule has 0 radical (unpaired) electrons. The van der Waals surface area contributed by atoms with E-state index in [0.29, 0.717) is 0 Å². The average molecular weight is 231 g/mol. The molecule has 0 amide bonds. The van der Waals surface area contributed by atoms with Crippen LogP contribution in [0, 0.1) is 0 Å². The van der Waals surface area contributed by atoms with E-state index < -0.39 is 0 Å². The minimum Gasteiger partial charge on any atom is -0.378 e. The zero-order valence-corrected chi connectivity index (χ0v) is 10.8. The second-order valence-corrected chi connectivity index (χ2v) is 4.45. The van der Waals surface area contributed by atoms with Crippen molar-refractivity contribution >= 4 is 5.70 Å². The standard InChI is InChI=1S/C15H21NO/c1-3-13(2)15(14-7-5-4-6-8-14)16-9-11-17-12-10-16/h4-8H,3,9-12H2,1-2H3/b15-13+. The number of ether oxygens (including phenoxy) is 1. The maximum Gasteiger partial charge on any atom is 0.0642 e. The molecule has 1 saturated heterocycles. The fourth-order valence-electron chi connectivity index (χ4n) is 2.25. The molecule has 1 aliphatic rings. The Kier molecular flexibility index (Phi) is 4.21. The van der Waals surface area contributed by atoms with Gasteiger partial charge >= 0.3 is 0 Å². The monoisotopic (exact) mass is 231 g/mol. The van der Waals surface area contributed by atoms with Crippen LogP contribution < -0.4 is 0 Å². The molecule has 2 heteroatoms. The molecule has 0 unspecified atom stereocenters. The molecular weight excluding hydrogens is 210 g/mol. The van der Waals surface area contributed by atoms with Crippen molar-refractivity contribution in [2.75, 3.05) is 26.3 Å². The second kappa shape index (κ2) is 5.87. The largest absolute Gasteiger partial charge is 0.378 e. The molecular formula is C15H21NO. The van der Waals surface area contributed by atoms with Crippen molar-refractivity contribution in [3.8, 4) is 0 Å². The third-order valence-corrected chi connectivity index (χ3v) is 3.31. The Balaban J connectivity index is 2.32. The molecule has 1 fully saturated rings. The van der Waals surface area contributed by atoms with E-state index in [4.69, 9.17) is 4.74 Å². The third kappa shape index (κ3) is 2.89. The lowest BCUT2D eigenvalue weighted by atomic mass is 10.0. The van der Waals surface area contributed by atoms with Crippen molar-refractivity contribution in [1.82, 2.24) is 4.90 Å². The number of allylic oxidation sites excluding steroid dienone is 1. The van der Waals surface area contributed by atoms with Crippen molar-refractivity contribution in [3.63, 3.8) is 0 Å². The van der Waals surface area contributed by atoms with Gasteiger partial charge in [0.15, 0.2) is 0 Å². The molecule has 0 aromatic heterocycles. The van der Waals surface area contributed by atoms with Gasteiger partial charge in [-0.3, -0.25) is 0 Å². The Morgan fingerprint density at radius 3 is 2.41 bits per heavy atom. The predicted molar refractivity (Wildman–Crippen MR) is 71.7 cm³/mol. The fourth-order valence-corrected chi connectivity index (χ4v) is 2.25. The van der Waals surface area contributed by atoms with Crippen LogP contribution in [0.5, 0.6) is 0 Å². The van der Waals surface area contributed by atoms with Crippen LogP contribution in [0.4, 0.5) is 0 Å². The first-order valence-corrected chi connectivity index (χ1v) is 6.40. The van der Waals surface area contributed by atoms with Crippen molar-refractivity contribution in [3.05, 3.63) is 41.5 Å². The van der Waals surface area contributed by atoms with Gasteiger partial charge in [-0.2, -0.15) is 0 Å². The van der Waals surface area contributed by atoms with Crippen LogP contribution in [0.2, 0.25) is 0 Å². The van der Waals surface area contributed by atoms with Gasteiger partial charge in [-0.25, -0.2) is 0 Å². The van der Waals surface area contributed by atoms with E-state index in [-0.39, 0.29) is 0 Å². The number of hydrogen-bond acceptors (Lipinski definition) is 2. The van der Waals surface area contributed by atoms with Crippen LogP contribution in [0.1, 0.15) is 25.8 Å². The SMILES string of the molecule is CC/C(C)=C(\c1ccccc1)N1CCOCC1. The molecule has 2 nitrogen and oxygen atoms in total. The molecule has 17 heavy (non-hydrogen) atoms. The topological polar surface area (TPSA) is 12.5 Å². The highest BCUT2D eigenvalue weighted by atomic mass is 16.5. The van der Waals surface area contributed by atoms with Gasteiger partial charge in [0, 0.05) is 18.8 Å². The van der Waals surface area contributed by atoms with Gasteiger partial charge in [-0.15, -0.1) is 0 Å². The third-order valence-electron chi connectivity index (χ3n) is 3.31. The van der Waals surface area contributed by atoms with E-state index in [1.165, 1.54) is 16.8 Å². The molecule has 1 aliphatic heterocycles. The summed E-state index contributed by atoms with van der Waals surface area (Å²) in [5, 5.41) is 0. The number of nitrogens with zero attached hydrogens (tertiary/aromatic N) is 1. The summed E-state index contributed by atoms with van der Waals surface area (Å²) in [5.74, 6) is 0. The van der Waals surface area contributed by atoms with Crippen LogP contribution in [0.3, 0.4) is 0 Å². The molecule has 0 spiro atoms. The smallest absolute Gasteiger partial charge is 0.0642 e. The summed E-state index contributed by atoms with van der Waals surface area (Å²) in [6.07, 6.45) is 1.10. The van der Waals surface area contributed by atoms with Crippen molar-refractivity contribution in [2.45, 2.75) is 20.3 Å². The number of rotatable bonds is 3. The Labute approximate surface area is 104 Å². The highest BCUT2D eigenvalue weighted by Crippen LogP contribution is 2.25. The Hall–Kier alpha value is -1.28. The van der Waals surface area contributed by atoms with Gasteiger partial charge in [0.05, 0.1) is 13.2 Å². The molecule has 0 bridgehead atoms. The first-order valence-electron chi connectivity index (χ1n) is 6.40. The van der Waals surface area contributed by atoms with Crippen molar-refractivity contribution in [2.24, 2.45) is 0 Å². The molecule has 0 saturated carbocycles. The Bertz CT molecular complexity index is 377. The second-order valence-electron chi connectivity index (χ2n) is 4.45. The highest BCUT2D eigenvalue weighted by molar-refractivity contribution is 5.67. The summed E-state index contributed by atoms with van der Waals surface area (Å²) in [7, 11) is 0. The van der Waals surface area contributed by atoms with Crippen LogP contribution in [-0.4, -0.2) is 31.2 Å². The zero-order chi connectivity index (χ0) is 12.1. The van der Waals surface area contributed by atoms with Gasteiger partial charge in [-0.05, 0) is 24.5 Å². The van der Waals surface area contributed by atoms with Crippen LogP contribution in [0.25, 0.3) is 5.70 Å². The predicted octanol–water partition coefficient (Wildman–Crippen LogP) is 3.16. The van der Waals surface area contributed by atoms with E-state index in [0.717, 1.165) is 32.7 Å². The van der Waals surface area contributed by atoms with E-state index in [1.54, 1.807) is 0 Å². The zero-order valence-electron chi connectivity index (χ0n) is 10.8. The van der Waals surface area contributed by atoms with Gasteiger partial charge < -0.3 is 9.64 Å². The van der Waals surface area contributed by atoms with Crippen molar-refractivity contribution < 1.29 is 4.74 Å². The van der Waals surface area contributed by atoms with Gasteiger partial charge in [-0.1, -0.05) is 37.3 Å². The first kappa shape index (κ1) is 12.2. The van der Waals surface area contributed by atoms with Crippen LogP contribution in [0.15, 0.2) is 35.9 Å². The number of benzene rings is 1. The number of hydrogen-bond donors (Lipinski definition) is 0. The molecule has 1 heterocycles. The maximum absolute atomic E-state index is 5.43. The van der Waals surface area contributed by atoms with Gasteiger partial charge in [0.25, 0.3) is 0 Å². The first-order chi connectivity index (χ1) is 8.33. The minimum absolute atomic E-state index is 0.841. The van der Waals surface area contributed by atoms with Crippen LogP contribution >= 0.6 is 0 Å². The minimum atomic E-state index is 0.841. The van der Waals surface area contributed by atoms with E-state index in [1.807, 2.05) is 0 Å². The van der Waals surface area contributed by atoms with Gasteiger partial charge in [0.1, 0.15) is 0 Å². The highest BCUT2D eigenvalue weighted by Gasteiger charge is 2.16. The van der Waals surface area contributed by atoms with Crippen molar-refractivity contribution in [1.29, 1.82) is 0 Å². The molecule has 0 aliphatic carbocycles. The fraction of sp³-hybridized carbons (Fsp3) is 0.467.